The molecule has 1 aromatic carbocycles. The summed E-state index contributed by atoms with van der Waals surface area (Å²) in [4.78, 5) is 20.0. The number of pyridine rings is 1. The summed E-state index contributed by atoms with van der Waals surface area (Å²) in [6.45, 7) is 2.24. The molecule has 126 valence electrons. The van der Waals surface area contributed by atoms with E-state index in [1.165, 1.54) is 16.7 Å². The van der Waals surface area contributed by atoms with Gasteiger partial charge in [-0.1, -0.05) is 36.3 Å². The van der Waals surface area contributed by atoms with Crippen molar-refractivity contribution in [1.29, 1.82) is 0 Å². The van der Waals surface area contributed by atoms with Gasteiger partial charge in [0.25, 0.3) is 5.56 Å². The van der Waals surface area contributed by atoms with Gasteiger partial charge in [0.05, 0.1) is 11.5 Å². The SMILES string of the molecule is CC1CCc2[nH]c(=O)c(-c3noc(C4Cc5ccccc54)n3)cc2C1. The monoisotopic (exact) mass is 333 g/mol. The van der Waals surface area contributed by atoms with Crippen LogP contribution in [-0.4, -0.2) is 15.1 Å². The summed E-state index contributed by atoms with van der Waals surface area (Å²) in [5.74, 6) is 1.77. The minimum absolute atomic E-state index is 0.130. The van der Waals surface area contributed by atoms with Crippen LogP contribution >= 0.6 is 0 Å². The van der Waals surface area contributed by atoms with Gasteiger partial charge in [-0.25, -0.2) is 0 Å². The smallest absolute Gasteiger partial charge is 0.259 e. The number of hydrogen-bond acceptors (Lipinski definition) is 4. The maximum atomic E-state index is 12.5. The molecule has 0 bridgehead atoms. The van der Waals surface area contributed by atoms with E-state index in [1.807, 2.05) is 18.2 Å². The first-order valence-corrected chi connectivity index (χ1v) is 8.86. The van der Waals surface area contributed by atoms with E-state index in [0.29, 0.717) is 23.2 Å². The molecule has 5 heteroatoms. The second-order valence-corrected chi connectivity index (χ2v) is 7.28. The number of aryl methyl sites for hydroxylation is 1. The molecule has 2 atom stereocenters. The van der Waals surface area contributed by atoms with Crippen LogP contribution in [0.25, 0.3) is 11.4 Å². The second kappa shape index (κ2) is 5.41. The van der Waals surface area contributed by atoms with Crippen molar-refractivity contribution in [3.63, 3.8) is 0 Å². The van der Waals surface area contributed by atoms with E-state index < -0.39 is 0 Å². The van der Waals surface area contributed by atoms with Gasteiger partial charge in [0.1, 0.15) is 0 Å². The van der Waals surface area contributed by atoms with Crippen LogP contribution in [0.4, 0.5) is 0 Å². The predicted molar refractivity (Wildman–Crippen MR) is 93.5 cm³/mol. The highest BCUT2D eigenvalue weighted by Crippen LogP contribution is 2.39. The van der Waals surface area contributed by atoms with E-state index in [9.17, 15) is 4.79 Å². The van der Waals surface area contributed by atoms with E-state index >= 15 is 0 Å². The summed E-state index contributed by atoms with van der Waals surface area (Å²) in [6, 6.07) is 10.2. The molecule has 0 saturated heterocycles. The van der Waals surface area contributed by atoms with Crippen LogP contribution < -0.4 is 5.56 Å². The minimum Gasteiger partial charge on any atom is -0.338 e. The fraction of sp³-hybridized carbons (Fsp3) is 0.350. The third-order valence-corrected chi connectivity index (χ3v) is 5.51. The molecule has 2 heterocycles. The number of aromatic nitrogens is 3. The molecule has 5 rings (SSSR count). The summed E-state index contributed by atoms with van der Waals surface area (Å²) < 4.78 is 5.49. The normalized spacial score (nSPS) is 21.3. The Hall–Kier alpha value is -2.69. The summed E-state index contributed by atoms with van der Waals surface area (Å²) >= 11 is 0. The van der Waals surface area contributed by atoms with E-state index in [1.54, 1.807) is 0 Å². The second-order valence-electron chi connectivity index (χ2n) is 7.28. The zero-order valence-corrected chi connectivity index (χ0v) is 14.1. The molecule has 0 amide bonds. The highest BCUT2D eigenvalue weighted by molar-refractivity contribution is 5.55. The van der Waals surface area contributed by atoms with Gasteiger partial charge < -0.3 is 9.51 Å². The van der Waals surface area contributed by atoms with E-state index in [0.717, 1.165) is 31.4 Å². The van der Waals surface area contributed by atoms with Gasteiger partial charge in [0.2, 0.25) is 11.7 Å². The molecule has 0 radical (unpaired) electrons. The third-order valence-electron chi connectivity index (χ3n) is 5.51. The molecule has 0 fully saturated rings. The lowest BCUT2D eigenvalue weighted by atomic mass is 9.77. The number of fused-ring (bicyclic) bond motifs is 2. The fourth-order valence-electron chi connectivity index (χ4n) is 4.02. The largest absolute Gasteiger partial charge is 0.338 e. The van der Waals surface area contributed by atoms with Crippen LogP contribution in [0.15, 0.2) is 39.6 Å². The number of benzene rings is 1. The van der Waals surface area contributed by atoms with Gasteiger partial charge in [-0.15, -0.1) is 0 Å². The van der Waals surface area contributed by atoms with Crippen molar-refractivity contribution in [2.45, 2.75) is 38.5 Å². The van der Waals surface area contributed by atoms with Crippen molar-refractivity contribution in [3.8, 4) is 11.4 Å². The van der Waals surface area contributed by atoms with Gasteiger partial charge in [0, 0.05) is 5.69 Å². The number of nitrogens with zero attached hydrogens (tertiary/aromatic N) is 2. The van der Waals surface area contributed by atoms with E-state index in [4.69, 9.17) is 4.52 Å². The average molecular weight is 333 g/mol. The zero-order valence-electron chi connectivity index (χ0n) is 14.1. The van der Waals surface area contributed by atoms with Crippen molar-refractivity contribution in [2.75, 3.05) is 0 Å². The van der Waals surface area contributed by atoms with Crippen molar-refractivity contribution < 1.29 is 4.52 Å². The Morgan fingerprint density at radius 1 is 1.20 bits per heavy atom. The Balaban J connectivity index is 1.50. The summed E-state index contributed by atoms with van der Waals surface area (Å²) in [5.41, 5.74) is 5.21. The van der Waals surface area contributed by atoms with Crippen LogP contribution in [0, 0.1) is 5.92 Å². The fourth-order valence-corrected chi connectivity index (χ4v) is 4.02. The maximum absolute atomic E-state index is 12.5. The van der Waals surface area contributed by atoms with Gasteiger partial charge in [-0.2, -0.15) is 4.98 Å². The molecule has 5 nitrogen and oxygen atoms in total. The Morgan fingerprint density at radius 3 is 2.96 bits per heavy atom. The van der Waals surface area contributed by atoms with Crippen molar-refractivity contribution >= 4 is 0 Å². The highest BCUT2D eigenvalue weighted by atomic mass is 16.5. The molecule has 25 heavy (non-hydrogen) atoms. The quantitative estimate of drug-likeness (QED) is 0.781. The van der Waals surface area contributed by atoms with Crippen LogP contribution in [0.2, 0.25) is 0 Å². The standard InChI is InChI=1S/C20H19N3O2/c1-11-6-7-17-13(8-11)10-16(19(24)21-17)18-22-20(25-23-18)15-9-12-4-2-3-5-14(12)15/h2-5,10-11,15H,6-9H2,1H3,(H,21,24). The first-order chi connectivity index (χ1) is 12.2. The number of nitrogens with one attached hydrogen (secondary N) is 1. The van der Waals surface area contributed by atoms with Gasteiger partial charge >= 0.3 is 0 Å². The molecule has 2 aliphatic rings. The van der Waals surface area contributed by atoms with Crippen LogP contribution in [0.1, 0.15) is 47.5 Å². The Labute approximate surface area is 145 Å². The van der Waals surface area contributed by atoms with E-state index in [2.05, 4.69) is 34.2 Å². The molecule has 2 aromatic heterocycles. The van der Waals surface area contributed by atoms with Gasteiger partial charge in [0.15, 0.2) is 0 Å². The van der Waals surface area contributed by atoms with Crippen molar-refractivity contribution in [2.24, 2.45) is 5.92 Å². The molecule has 0 spiro atoms. The summed E-state index contributed by atoms with van der Waals surface area (Å²) in [6.07, 6.45) is 3.95. The topological polar surface area (TPSA) is 71.8 Å². The molecular formula is C20H19N3O2. The molecule has 0 saturated carbocycles. The Bertz CT molecular complexity index is 1020. The lowest BCUT2D eigenvalue weighted by Crippen LogP contribution is -2.20. The summed E-state index contributed by atoms with van der Waals surface area (Å²) in [5, 5.41) is 4.08. The molecule has 2 aliphatic carbocycles. The van der Waals surface area contributed by atoms with Gasteiger partial charge in [-0.05, 0) is 54.4 Å². The maximum Gasteiger partial charge on any atom is 0.259 e. The van der Waals surface area contributed by atoms with Crippen LogP contribution in [0.3, 0.4) is 0 Å². The molecular weight excluding hydrogens is 314 g/mol. The Kier molecular flexibility index (Phi) is 3.17. The number of rotatable bonds is 2. The van der Waals surface area contributed by atoms with Crippen molar-refractivity contribution in [3.05, 3.63) is 69.0 Å². The minimum atomic E-state index is -0.130. The number of hydrogen-bond donors (Lipinski definition) is 1. The predicted octanol–water partition coefficient (Wildman–Crippen LogP) is 3.24. The van der Waals surface area contributed by atoms with Gasteiger partial charge in [-0.3, -0.25) is 4.79 Å². The lowest BCUT2D eigenvalue weighted by molar-refractivity contribution is 0.356. The molecule has 3 aromatic rings. The van der Waals surface area contributed by atoms with Crippen LogP contribution in [-0.2, 0) is 19.3 Å². The average Bonchev–Trinajstić information content (AvgIpc) is 3.05. The number of H-pyrrole nitrogens is 1. The molecule has 0 aliphatic heterocycles. The van der Waals surface area contributed by atoms with E-state index in [-0.39, 0.29) is 11.5 Å². The lowest BCUT2D eigenvalue weighted by Gasteiger charge is -2.26. The zero-order chi connectivity index (χ0) is 17.0. The first-order valence-electron chi connectivity index (χ1n) is 8.86. The van der Waals surface area contributed by atoms with Crippen molar-refractivity contribution in [1.82, 2.24) is 15.1 Å². The first kappa shape index (κ1) is 14.6. The van der Waals surface area contributed by atoms with Crippen LogP contribution in [0.5, 0.6) is 0 Å². The Morgan fingerprint density at radius 2 is 2.08 bits per heavy atom. The molecule has 1 N–H and O–H groups in total. The number of aromatic amines is 1. The highest BCUT2D eigenvalue weighted by Gasteiger charge is 2.32. The molecule has 2 unspecified atom stereocenters. The third kappa shape index (κ3) is 2.34. The summed E-state index contributed by atoms with van der Waals surface area (Å²) in [7, 11) is 0.